The molecule has 2 N–H and O–H groups in total. The lowest BCUT2D eigenvalue weighted by Gasteiger charge is -2.29. The van der Waals surface area contributed by atoms with Gasteiger partial charge in [-0.15, -0.1) is 0 Å². The number of sulfonamides is 1. The summed E-state index contributed by atoms with van der Waals surface area (Å²) in [6.07, 6.45) is 1.08. The molecule has 1 heterocycles. The molecule has 0 aliphatic carbocycles. The topological polar surface area (TPSA) is 75.6 Å². The van der Waals surface area contributed by atoms with E-state index < -0.39 is 16.1 Å². The van der Waals surface area contributed by atoms with E-state index in [2.05, 4.69) is 4.72 Å². The minimum Gasteiger partial charge on any atom is -0.493 e. The summed E-state index contributed by atoms with van der Waals surface area (Å²) < 4.78 is 31.1. The Morgan fingerprint density at radius 1 is 1.47 bits per heavy atom. The van der Waals surface area contributed by atoms with Gasteiger partial charge in [0.2, 0.25) is 10.0 Å². The number of aryl methyl sites for hydroxylation is 1. The van der Waals surface area contributed by atoms with E-state index in [0.29, 0.717) is 24.3 Å². The van der Waals surface area contributed by atoms with E-state index in [1.54, 1.807) is 6.92 Å². The maximum atomic E-state index is 11.4. The third-order valence-corrected chi connectivity index (χ3v) is 3.84. The van der Waals surface area contributed by atoms with Crippen LogP contribution in [0.1, 0.15) is 42.2 Å². The molecule has 1 aliphatic rings. The average Bonchev–Trinajstić information content (AvgIpc) is 2.27. The van der Waals surface area contributed by atoms with E-state index in [4.69, 9.17) is 4.74 Å². The minimum absolute atomic E-state index is 0.295. The van der Waals surface area contributed by atoms with Crippen molar-refractivity contribution < 1.29 is 18.3 Å². The summed E-state index contributed by atoms with van der Waals surface area (Å²) in [4.78, 5) is 0. The van der Waals surface area contributed by atoms with E-state index in [-0.39, 0.29) is 6.04 Å². The van der Waals surface area contributed by atoms with Crippen LogP contribution in [-0.2, 0) is 10.0 Å². The first-order valence-electron chi connectivity index (χ1n) is 6.20. The van der Waals surface area contributed by atoms with Gasteiger partial charge in [-0.2, -0.15) is 0 Å². The summed E-state index contributed by atoms with van der Waals surface area (Å²) in [5, 5.41) is 9.80. The smallest absolute Gasteiger partial charge is 0.209 e. The molecular weight excluding hydrogens is 266 g/mol. The van der Waals surface area contributed by atoms with Gasteiger partial charge < -0.3 is 9.84 Å². The summed E-state index contributed by atoms with van der Waals surface area (Å²) in [6, 6.07) is 3.48. The van der Waals surface area contributed by atoms with Crippen molar-refractivity contribution in [2.24, 2.45) is 0 Å². The van der Waals surface area contributed by atoms with Gasteiger partial charge in [0.05, 0.1) is 25.0 Å². The van der Waals surface area contributed by atoms with E-state index in [9.17, 15) is 13.5 Å². The molecule has 1 aromatic rings. The number of rotatable bonds is 3. The van der Waals surface area contributed by atoms with Crippen LogP contribution in [0.25, 0.3) is 0 Å². The predicted octanol–water partition coefficient (Wildman–Crippen LogP) is 1.42. The molecule has 0 fully saturated rings. The Morgan fingerprint density at radius 2 is 2.16 bits per heavy atom. The van der Waals surface area contributed by atoms with Crippen LogP contribution in [0.5, 0.6) is 5.75 Å². The Morgan fingerprint density at radius 3 is 2.74 bits per heavy atom. The predicted molar refractivity (Wildman–Crippen MR) is 72.6 cm³/mol. The lowest BCUT2D eigenvalue weighted by molar-refractivity contribution is 0.185. The van der Waals surface area contributed by atoms with Crippen LogP contribution >= 0.6 is 0 Å². The van der Waals surface area contributed by atoms with E-state index in [1.165, 1.54) is 0 Å². The van der Waals surface area contributed by atoms with Crippen molar-refractivity contribution in [1.29, 1.82) is 0 Å². The number of fused-ring (bicyclic) bond motifs is 1. The molecule has 0 saturated carbocycles. The Balaban J connectivity index is 2.49. The SMILES string of the molecule is Cc1cc(C(C)O)c2c(c1)C(NS(C)(=O)=O)CCO2. The zero-order chi connectivity index (χ0) is 14.2. The zero-order valence-electron chi connectivity index (χ0n) is 11.3. The quantitative estimate of drug-likeness (QED) is 0.880. The Labute approximate surface area is 113 Å². The van der Waals surface area contributed by atoms with Gasteiger partial charge in [0.1, 0.15) is 5.75 Å². The first-order valence-corrected chi connectivity index (χ1v) is 8.09. The van der Waals surface area contributed by atoms with Crippen LogP contribution in [0.4, 0.5) is 0 Å². The molecule has 19 heavy (non-hydrogen) atoms. The van der Waals surface area contributed by atoms with Gasteiger partial charge in [-0.1, -0.05) is 11.6 Å². The summed E-state index contributed by atoms with van der Waals surface area (Å²) in [5.41, 5.74) is 2.48. The van der Waals surface area contributed by atoms with Crippen molar-refractivity contribution in [3.05, 3.63) is 28.8 Å². The number of ether oxygens (including phenoxy) is 1. The summed E-state index contributed by atoms with van der Waals surface area (Å²) in [7, 11) is -3.28. The molecule has 0 amide bonds. The standard InChI is InChI=1S/C13H19NO4S/c1-8-6-10(9(2)15)13-11(7-8)12(4-5-18-13)14-19(3,16)17/h6-7,9,12,14-15H,4-5H2,1-3H3. The fraction of sp³-hybridized carbons (Fsp3) is 0.538. The van der Waals surface area contributed by atoms with Gasteiger partial charge in [-0.05, 0) is 19.9 Å². The number of nitrogens with one attached hydrogen (secondary N) is 1. The lowest BCUT2D eigenvalue weighted by Crippen LogP contribution is -2.31. The van der Waals surface area contributed by atoms with E-state index in [1.807, 2.05) is 19.1 Å². The fourth-order valence-electron chi connectivity index (χ4n) is 2.38. The van der Waals surface area contributed by atoms with Gasteiger partial charge in [0, 0.05) is 17.5 Å². The molecule has 1 aliphatic heterocycles. The molecule has 0 saturated heterocycles. The van der Waals surface area contributed by atoms with Crippen LogP contribution in [0.15, 0.2) is 12.1 Å². The van der Waals surface area contributed by atoms with E-state index >= 15 is 0 Å². The zero-order valence-corrected chi connectivity index (χ0v) is 12.1. The van der Waals surface area contributed by atoms with Gasteiger partial charge in [0.25, 0.3) is 0 Å². The Hall–Kier alpha value is -1.11. The normalized spacial score (nSPS) is 20.5. The maximum Gasteiger partial charge on any atom is 0.209 e. The van der Waals surface area contributed by atoms with Crippen LogP contribution in [0, 0.1) is 6.92 Å². The lowest BCUT2D eigenvalue weighted by atomic mass is 9.94. The third kappa shape index (κ3) is 3.26. The number of aliphatic hydroxyl groups excluding tert-OH is 1. The Kier molecular flexibility index (Phi) is 3.85. The third-order valence-electron chi connectivity index (χ3n) is 3.13. The second kappa shape index (κ2) is 5.11. The number of benzene rings is 1. The van der Waals surface area contributed by atoms with Crippen molar-refractivity contribution in [1.82, 2.24) is 4.72 Å². The summed E-state index contributed by atoms with van der Waals surface area (Å²) in [5.74, 6) is 0.605. The molecule has 5 nitrogen and oxygen atoms in total. The van der Waals surface area contributed by atoms with Crippen LogP contribution in [0.3, 0.4) is 0 Å². The number of aliphatic hydroxyl groups is 1. The highest BCUT2D eigenvalue weighted by atomic mass is 32.2. The molecule has 2 rings (SSSR count). The first kappa shape index (κ1) is 14.3. The van der Waals surface area contributed by atoms with Gasteiger partial charge in [-0.25, -0.2) is 13.1 Å². The van der Waals surface area contributed by atoms with Gasteiger partial charge in [0.15, 0.2) is 0 Å². The monoisotopic (exact) mass is 285 g/mol. The molecular formula is C13H19NO4S. The average molecular weight is 285 g/mol. The number of hydrogen-bond donors (Lipinski definition) is 2. The van der Waals surface area contributed by atoms with Crippen molar-refractivity contribution in [2.75, 3.05) is 12.9 Å². The van der Waals surface area contributed by atoms with Crippen LogP contribution < -0.4 is 9.46 Å². The van der Waals surface area contributed by atoms with Crippen LogP contribution in [-0.4, -0.2) is 26.4 Å². The summed E-state index contributed by atoms with van der Waals surface area (Å²) in [6.45, 7) is 4.02. The molecule has 6 heteroatoms. The Bertz CT molecular complexity index is 581. The van der Waals surface area contributed by atoms with Crippen LogP contribution in [0.2, 0.25) is 0 Å². The van der Waals surface area contributed by atoms with Gasteiger partial charge in [-0.3, -0.25) is 0 Å². The molecule has 0 radical (unpaired) electrons. The van der Waals surface area contributed by atoms with Crippen molar-refractivity contribution in [3.63, 3.8) is 0 Å². The summed E-state index contributed by atoms with van der Waals surface area (Å²) >= 11 is 0. The molecule has 1 aromatic carbocycles. The molecule has 2 unspecified atom stereocenters. The molecule has 0 spiro atoms. The van der Waals surface area contributed by atoms with Crippen molar-refractivity contribution >= 4 is 10.0 Å². The minimum atomic E-state index is -3.28. The highest BCUT2D eigenvalue weighted by Gasteiger charge is 2.27. The number of hydrogen-bond acceptors (Lipinski definition) is 4. The van der Waals surface area contributed by atoms with Crippen molar-refractivity contribution in [2.45, 2.75) is 32.4 Å². The highest BCUT2D eigenvalue weighted by Crippen LogP contribution is 2.38. The molecule has 0 bridgehead atoms. The fourth-order valence-corrected chi connectivity index (χ4v) is 3.14. The highest BCUT2D eigenvalue weighted by molar-refractivity contribution is 7.88. The molecule has 0 aromatic heterocycles. The second-order valence-electron chi connectivity index (χ2n) is 5.03. The van der Waals surface area contributed by atoms with Gasteiger partial charge >= 0.3 is 0 Å². The molecule has 2 atom stereocenters. The largest absolute Gasteiger partial charge is 0.493 e. The van der Waals surface area contributed by atoms with E-state index in [0.717, 1.165) is 17.4 Å². The maximum absolute atomic E-state index is 11.4. The van der Waals surface area contributed by atoms with Crippen molar-refractivity contribution in [3.8, 4) is 5.75 Å². The molecule has 106 valence electrons. The first-order chi connectivity index (χ1) is 8.78. The second-order valence-corrected chi connectivity index (χ2v) is 6.81.